The van der Waals surface area contributed by atoms with Crippen LogP contribution >= 0.6 is 0 Å². The molecule has 2 aliphatic rings. The molecule has 22 heavy (non-hydrogen) atoms. The van der Waals surface area contributed by atoms with Crippen molar-refractivity contribution in [2.24, 2.45) is 5.92 Å². The third kappa shape index (κ3) is 3.37. The highest BCUT2D eigenvalue weighted by molar-refractivity contribution is 5.79. The molecule has 0 aromatic carbocycles. The van der Waals surface area contributed by atoms with Gasteiger partial charge in [-0.05, 0) is 19.3 Å². The number of hydrogen-bond donors (Lipinski definition) is 0. The molecule has 6 nitrogen and oxygen atoms in total. The van der Waals surface area contributed by atoms with Crippen LogP contribution in [-0.2, 0) is 4.79 Å². The van der Waals surface area contributed by atoms with Gasteiger partial charge in [-0.25, -0.2) is 0 Å². The molecule has 0 spiro atoms. The van der Waals surface area contributed by atoms with Crippen LogP contribution in [0.1, 0.15) is 25.7 Å². The largest absolute Gasteiger partial charge is 0.480 e. The highest BCUT2D eigenvalue weighted by Crippen LogP contribution is 2.24. The second kappa shape index (κ2) is 6.77. The van der Waals surface area contributed by atoms with E-state index in [0.717, 1.165) is 32.2 Å². The van der Waals surface area contributed by atoms with E-state index in [1.165, 1.54) is 0 Å². The Morgan fingerprint density at radius 3 is 2.73 bits per heavy atom. The number of ether oxygens (including phenoxy) is 2. The Balaban J connectivity index is 1.53. The Hall–Kier alpha value is -2.11. The number of carbonyl (C=O) groups excluding carboxylic acids is 1. The summed E-state index contributed by atoms with van der Waals surface area (Å²) >= 11 is 0. The van der Waals surface area contributed by atoms with Crippen molar-refractivity contribution < 1.29 is 14.3 Å². The van der Waals surface area contributed by atoms with E-state index in [1.807, 2.05) is 4.90 Å². The summed E-state index contributed by atoms with van der Waals surface area (Å²) in [6.45, 7) is 1.39. The molecule has 1 fully saturated rings. The second-order valence-electron chi connectivity index (χ2n) is 5.71. The monoisotopic (exact) mass is 303 g/mol. The van der Waals surface area contributed by atoms with E-state index in [1.54, 1.807) is 19.2 Å². The maximum Gasteiger partial charge on any atom is 0.233 e. The fraction of sp³-hybridized carbons (Fsp3) is 0.562. The van der Waals surface area contributed by atoms with Crippen LogP contribution in [0.3, 0.4) is 0 Å². The van der Waals surface area contributed by atoms with Crippen LogP contribution < -0.4 is 9.47 Å². The lowest BCUT2D eigenvalue weighted by atomic mass is 9.93. The molecular weight excluding hydrogens is 282 g/mol. The first-order chi connectivity index (χ1) is 10.8. The standard InChI is InChI=1S/C16H21N3O3/c1-21-14-7-8-15(18-17-14)22-13-9-10-19(11-13)16(20)12-5-3-2-4-6-12/h2-3,7-8,12-13H,4-6,9-11H2,1H3/t12-,13+/m0/s1. The van der Waals surface area contributed by atoms with E-state index in [-0.39, 0.29) is 17.9 Å². The number of carbonyl (C=O) groups is 1. The van der Waals surface area contributed by atoms with Gasteiger partial charge in [-0.2, -0.15) is 0 Å². The zero-order valence-electron chi connectivity index (χ0n) is 12.8. The Bertz CT molecular complexity index is 544. The third-order valence-corrected chi connectivity index (χ3v) is 4.19. The maximum atomic E-state index is 12.5. The molecule has 1 saturated heterocycles. The molecule has 0 N–H and O–H groups in total. The molecule has 118 valence electrons. The lowest BCUT2D eigenvalue weighted by Crippen LogP contribution is -2.36. The van der Waals surface area contributed by atoms with Gasteiger partial charge >= 0.3 is 0 Å². The van der Waals surface area contributed by atoms with Gasteiger partial charge < -0.3 is 14.4 Å². The van der Waals surface area contributed by atoms with Crippen molar-refractivity contribution in [2.75, 3.05) is 20.2 Å². The number of methoxy groups -OCH3 is 1. The van der Waals surface area contributed by atoms with Gasteiger partial charge in [0.1, 0.15) is 6.10 Å². The first-order valence-corrected chi connectivity index (χ1v) is 7.74. The minimum Gasteiger partial charge on any atom is -0.480 e. The number of hydrogen-bond acceptors (Lipinski definition) is 5. The first-order valence-electron chi connectivity index (χ1n) is 7.74. The molecule has 1 aliphatic heterocycles. The minimum absolute atomic E-state index is 0.00854. The van der Waals surface area contributed by atoms with E-state index in [2.05, 4.69) is 22.3 Å². The molecule has 6 heteroatoms. The molecule has 0 radical (unpaired) electrons. The molecule has 1 aromatic heterocycles. The van der Waals surface area contributed by atoms with Crippen molar-refractivity contribution in [1.82, 2.24) is 15.1 Å². The highest BCUT2D eigenvalue weighted by Gasteiger charge is 2.31. The van der Waals surface area contributed by atoms with Gasteiger partial charge in [0.05, 0.1) is 13.7 Å². The lowest BCUT2D eigenvalue weighted by molar-refractivity contribution is -0.135. The Morgan fingerprint density at radius 1 is 1.23 bits per heavy atom. The first kappa shape index (κ1) is 14.8. The number of allylic oxidation sites excluding steroid dienone is 2. The van der Waals surface area contributed by atoms with E-state index in [4.69, 9.17) is 9.47 Å². The number of amides is 1. The fourth-order valence-corrected chi connectivity index (χ4v) is 2.95. The minimum atomic E-state index is -0.00854. The van der Waals surface area contributed by atoms with Crippen molar-refractivity contribution in [3.63, 3.8) is 0 Å². The third-order valence-electron chi connectivity index (χ3n) is 4.19. The molecule has 2 heterocycles. The quantitative estimate of drug-likeness (QED) is 0.794. The van der Waals surface area contributed by atoms with Gasteiger partial charge in [-0.15, -0.1) is 10.2 Å². The highest BCUT2D eigenvalue weighted by atomic mass is 16.5. The van der Waals surface area contributed by atoms with E-state index in [9.17, 15) is 4.79 Å². The zero-order valence-corrected chi connectivity index (χ0v) is 12.8. The summed E-state index contributed by atoms with van der Waals surface area (Å²) < 4.78 is 10.8. The SMILES string of the molecule is COc1ccc(O[C@@H]2CCN(C(=O)[C@H]3CC=CCC3)C2)nn1. The molecule has 0 saturated carbocycles. The summed E-state index contributed by atoms with van der Waals surface area (Å²) in [6.07, 6.45) is 7.93. The average Bonchev–Trinajstić information content (AvgIpc) is 3.04. The number of aromatic nitrogens is 2. The molecule has 0 bridgehead atoms. The number of likely N-dealkylation sites (tertiary alicyclic amines) is 1. The summed E-state index contributed by atoms with van der Waals surface area (Å²) in [4.78, 5) is 14.4. The maximum absolute atomic E-state index is 12.5. The Morgan fingerprint density at radius 2 is 2.05 bits per heavy atom. The number of nitrogens with zero attached hydrogens (tertiary/aromatic N) is 3. The van der Waals surface area contributed by atoms with Crippen LogP contribution in [0.4, 0.5) is 0 Å². The van der Waals surface area contributed by atoms with Crippen molar-refractivity contribution >= 4 is 5.91 Å². The van der Waals surface area contributed by atoms with Crippen LogP contribution in [0.5, 0.6) is 11.8 Å². The predicted molar refractivity (Wildman–Crippen MR) is 80.7 cm³/mol. The van der Waals surface area contributed by atoms with Crippen LogP contribution in [-0.4, -0.2) is 47.3 Å². The zero-order chi connectivity index (χ0) is 15.4. The molecule has 1 amide bonds. The predicted octanol–water partition coefficient (Wildman–Crippen LogP) is 1.82. The summed E-state index contributed by atoms with van der Waals surface area (Å²) in [5.74, 6) is 1.34. The van der Waals surface area contributed by atoms with Gasteiger partial charge in [-0.3, -0.25) is 4.79 Å². The van der Waals surface area contributed by atoms with Crippen molar-refractivity contribution in [3.05, 3.63) is 24.3 Å². The van der Waals surface area contributed by atoms with Crippen LogP contribution in [0.15, 0.2) is 24.3 Å². The molecule has 3 rings (SSSR count). The van der Waals surface area contributed by atoms with Gasteiger partial charge in [0.2, 0.25) is 17.7 Å². The Kier molecular flexibility index (Phi) is 4.56. The van der Waals surface area contributed by atoms with Gasteiger partial charge in [0.15, 0.2) is 0 Å². The topological polar surface area (TPSA) is 64.6 Å². The van der Waals surface area contributed by atoms with Crippen molar-refractivity contribution in [1.29, 1.82) is 0 Å². The summed E-state index contributed by atoms with van der Waals surface area (Å²) in [6, 6.07) is 3.46. The number of rotatable bonds is 4. The summed E-state index contributed by atoms with van der Waals surface area (Å²) in [5, 5.41) is 7.84. The average molecular weight is 303 g/mol. The van der Waals surface area contributed by atoms with Crippen LogP contribution in [0, 0.1) is 5.92 Å². The fourth-order valence-electron chi connectivity index (χ4n) is 2.95. The van der Waals surface area contributed by atoms with Crippen LogP contribution in [0.25, 0.3) is 0 Å². The second-order valence-corrected chi connectivity index (χ2v) is 5.71. The Labute approximate surface area is 130 Å². The van der Waals surface area contributed by atoms with Gasteiger partial charge in [-0.1, -0.05) is 12.2 Å². The molecular formula is C16H21N3O3. The van der Waals surface area contributed by atoms with Crippen molar-refractivity contribution in [3.8, 4) is 11.8 Å². The van der Waals surface area contributed by atoms with Crippen LogP contribution in [0.2, 0.25) is 0 Å². The summed E-state index contributed by atoms with van der Waals surface area (Å²) in [5.41, 5.74) is 0. The molecule has 0 unspecified atom stereocenters. The van der Waals surface area contributed by atoms with Crippen molar-refractivity contribution in [2.45, 2.75) is 31.8 Å². The lowest BCUT2D eigenvalue weighted by Gasteiger charge is -2.24. The van der Waals surface area contributed by atoms with Gasteiger partial charge in [0.25, 0.3) is 0 Å². The smallest absolute Gasteiger partial charge is 0.233 e. The van der Waals surface area contributed by atoms with E-state index < -0.39 is 0 Å². The molecule has 1 aliphatic carbocycles. The van der Waals surface area contributed by atoms with E-state index >= 15 is 0 Å². The summed E-state index contributed by atoms with van der Waals surface area (Å²) in [7, 11) is 1.55. The molecule has 1 aromatic rings. The van der Waals surface area contributed by atoms with E-state index in [0.29, 0.717) is 18.3 Å². The van der Waals surface area contributed by atoms with Gasteiger partial charge in [0, 0.05) is 31.0 Å². The normalized spacial score (nSPS) is 24.3. The molecule has 2 atom stereocenters.